The maximum Gasteiger partial charge on any atom is 0.459 e. The normalized spacial score (nSPS) is 21.0. The minimum atomic E-state index is -4.10. The Balaban J connectivity index is 0.000001000. The first-order chi connectivity index (χ1) is 4.61. The van der Waals surface area contributed by atoms with Crippen LogP contribution in [0, 0.1) is 0 Å². The Kier molecular flexibility index (Phi) is 3.82. The van der Waals surface area contributed by atoms with Gasteiger partial charge in [0, 0.05) is 13.1 Å². The number of nitrogens with zero attached hydrogens (tertiary/aromatic N) is 1. The van der Waals surface area contributed by atoms with Gasteiger partial charge in [0.05, 0.1) is 0 Å². The van der Waals surface area contributed by atoms with E-state index in [4.69, 9.17) is 0 Å². The van der Waals surface area contributed by atoms with Crippen LogP contribution in [0.1, 0.15) is 19.3 Å². The molecule has 68 valence electrons. The molecule has 0 aliphatic carbocycles. The summed E-state index contributed by atoms with van der Waals surface area (Å²) in [6.45, 7) is 0.368. The van der Waals surface area contributed by atoms with Gasteiger partial charge in [-0.25, -0.2) is 4.90 Å². The highest BCUT2D eigenvalue weighted by atomic mass is 19.4. The molecule has 0 amide bonds. The lowest BCUT2D eigenvalue weighted by Crippen LogP contribution is -2.41. The van der Waals surface area contributed by atoms with Crippen LogP contribution in [0.25, 0.3) is 0 Å². The maximum absolute atomic E-state index is 11.9. The molecule has 0 aromatic heterocycles. The van der Waals surface area contributed by atoms with Gasteiger partial charge in [-0.2, -0.15) is 13.2 Å². The Morgan fingerprint density at radius 2 is 1.36 bits per heavy atom. The molecule has 1 aliphatic heterocycles. The third-order valence-electron chi connectivity index (χ3n) is 1.71. The quantitative estimate of drug-likeness (QED) is 0.565. The summed E-state index contributed by atoms with van der Waals surface area (Å²) < 4.78 is 35.6. The molecule has 3 N–H and O–H groups in total. The third-order valence-corrected chi connectivity index (χ3v) is 1.71. The van der Waals surface area contributed by atoms with Crippen molar-refractivity contribution < 1.29 is 13.2 Å². The van der Waals surface area contributed by atoms with E-state index < -0.39 is 6.30 Å². The third kappa shape index (κ3) is 3.07. The zero-order valence-electron chi connectivity index (χ0n) is 6.32. The van der Waals surface area contributed by atoms with Crippen molar-refractivity contribution >= 4 is 0 Å². The van der Waals surface area contributed by atoms with Gasteiger partial charge in [-0.1, -0.05) is 6.42 Å². The van der Waals surface area contributed by atoms with Crippen molar-refractivity contribution in [2.45, 2.75) is 25.6 Å². The molecule has 0 radical (unpaired) electrons. The van der Waals surface area contributed by atoms with Crippen LogP contribution in [0.15, 0.2) is 0 Å². The summed E-state index contributed by atoms with van der Waals surface area (Å²) in [5.74, 6) is 0. The van der Waals surface area contributed by atoms with Crippen molar-refractivity contribution in [1.82, 2.24) is 11.1 Å². The van der Waals surface area contributed by atoms with Gasteiger partial charge in [-0.15, -0.1) is 0 Å². The number of hydrogen-bond acceptors (Lipinski definition) is 2. The predicted octanol–water partition coefficient (Wildman–Crippen LogP) is 2.15. The molecule has 1 aliphatic rings. The summed E-state index contributed by atoms with van der Waals surface area (Å²) >= 11 is 0. The molecule has 1 rings (SSSR count). The molecule has 2 nitrogen and oxygen atoms in total. The molecule has 1 saturated heterocycles. The molecule has 0 spiro atoms. The molecule has 0 bridgehead atoms. The van der Waals surface area contributed by atoms with Gasteiger partial charge in [-0.05, 0) is 12.8 Å². The average molecular weight is 170 g/mol. The topological polar surface area (TPSA) is 38.2 Å². The van der Waals surface area contributed by atoms with Crippen molar-refractivity contribution in [1.29, 1.82) is 0 Å². The van der Waals surface area contributed by atoms with Crippen molar-refractivity contribution in [3.05, 3.63) is 0 Å². The molecule has 0 unspecified atom stereocenters. The Bertz CT molecular complexity index is 107. The van der Waals surface area contributed by atoms with Crippen molar-refractivity contribution in [3.8, 4) is 0 Å². The summed E-state index contributed by atoms with van der Waals surface area (Å²) in [6, 6.07) is 0. The predicted molar refractivity (Wildman–Crippen MR) is 36.5 cm³/mol. The van der Waals surface area contributed by atoms with Crippen LogP contribution in [-0.2, 0) is 0 Å². The zero-order chi connectivity index (χ0) is 7.61. The number of hydrogen-bond donors (Lipinski definition) is 1. The van der Waals surface area contributed by atoms with Crippen LogP contribution in [0.2, 0.25) is 0 Å². The first-order valence-corrected chi connectivity index (χ1v) is 3.42. The number of likely N-dealkylation sites (tertiary alicyclic amines) is 1. The lowest BCUT2D eigenvalue weighted by Gasteiger charge is -2.27. The second kappa shape index (κ2) is 3.92. The highest BCUT2D eigenvalue weighted by Gasteiger charge is 2.37. The molecule has 0 atom stereocenters. The van der Waals surface area contributed by atoms with Gasteiger partial charge < -0.3 is 6.15 Å². The van der Waals surface area contributed by atoms with Crippen LogP contribution in [-0.4, -0.2) is 24.3 Å². The lowest BCUT2D eigenvalue weighted by atomic mass is 10.1. The van der Waals surface area contributed by atoms with Crippen LogP contribution in [0.4, 0.5) is 13.2 Å². The Morgan fingerprint density at radius 3 is 1.64 bits per heavy atom. The van der Waals surface area contributed by atoms with E-state index >= 15 is 0 Å². The summed E-state index contributed by atoms with van der Waals surface area (Å²) in [5.41, 5.74) is 0. The van der Waals surface area contributed by atoms with Gasteiger partial charge in [0.2, 0.25) is 0 Å². The first-order valence-electron chi connectivity index (χ1n) is 3.42. The molecular formula is C6H13F3N2. The van der Waals surface area contributed by atoms with Crippen molar-refractivity contribution in [2.75, 3.05) is 13.1 Å². The molecule has 0 aromatic rings. The van der Waals surface area contributed by atoms with Crippen molar-refractivity contribution in [2.24, 2.45) is 0 Å². The fraction of sp³-hybridized carbons (Fsp3) is 1.00. The van der Waals surface area contributed by atoms with E-state index in [0.29, 0.717) is 17.7 Å². The first kappa shape index (κ1) is 10.7. The van der Waals surface area contributed by atoms with E-state index in [0.717, 1.165) is 6.42 Å². The largest absolute Gasteiger partial charge is 0.459 e. The number of rotatable bonds is 0. The van der Waals surface area contributed by atoms with E-state index in [2.05, 4.69) is 0 Å². The van der Waals surface area contributed by atoms with E-state index in [1.807, 2.05) is 0 Å². The second-order valence-corrected chi connectivity index (χ2v) is 2.52. The summed E-state index contributed by atoms with van der Waals surface area (Å²) in [6.07, 6.45) is -1.80. The highest BCUT2D eigenvalue weighted by molar-refractivity contribution is 4.65. The second-order valence-electron chi connectivity index (χ2n) is 2.52. The Morgan fingerprint density at radius 1 is 0.909 bits per heavy atom. The zero-order valence-corrected chi connectivity index (χ0v) is 6.32. The number of piperidine rings is 1. The number of halogens is 3. The monoisotopic (exact) mass is 170 g/mol. The SMILES string of the molecule is FC(F)(F)N1CCCCC1.N. The minimum absolute atomic E-state index is 0. The van der Waals surface area contributed by atoms with Crippen LogP contribution in [0.5, 0.6) is 0 Å². The van der Waals surface area contributed by atoms with E-state index in [9.17, 15) is 13.2 Å². The minimum Gasteiger partial charge on any atom is -0.344 e. The lowest BCUT2D eigenvalue weighted by molar-refractivity contribution is -0.249. The molecule has 1 heterocycles. The number of alkyl halides is 3. The highest BCUT2D eigenvalue weighted by Crippen LogP contribution is 2.24. The van der Waals surface area contributed by atoms with Crippen LogP contribution >= 0.6 is 0 Å². The molecule has 11 heavy (non-hydrogen) atoms. The van der Waals surface area contributed by atoms with E-state index in [-0.39, 0.29) is 19.2 Å². The Hall–Kier alpha value is -0.290. The molecule has 1 fully saturated rings. The molecule has 0 saturated carbocycles. The fourth-order valence-electron chi connectivity index (χ4n) is 1.15. The molecule has 5 heteroatoms. The Labute approximate surface area is 64.0 Å². The average Bonchev–Trinajstić information content (AvgIpc) is 1.88. The smallest absolute Gasteiger partial charge is 0.344 e. The van der Waals surface area contributed by atoms with E-state index in [1.165, 1.54) is 0 Å². The van der Waals surface area contributed by atoms with E-state index in [1.54, 1.807) is 0 Å². The maximum atomic E-state index is 11.9. The van der Waals surface area contributed by atoms with Crippen molar-refractivity contribution in [3.63, 3.8) is 0 Å². The molecule has 0 aromatic carbocycles. The van der Waals surface area contributed by atoms with Crippen LogP contribution < -0.4 is 6.15 Å². The fourth-order valence-corrected chi connectivity index (χ4v) is 1.15. The van der Waals surface area contributed by atoms with Crippen LogP contribution in [0.3, 0.4) is 0 Å². The molecular weight excluding hydrogens is 157 g/mol. The van der Waals surface area contributed by atoms with Gasteiger partial charge in [0.25, 0.3) is 0 Å². The van der Waals surface area contributed by atoms with Gasteiger partial charge in [0.15, 0.2) is 0 Å². The summed E-state index contributed by atoms with van der Waals surface area (Å²) in [7, 11) is 0. The standard InChI is InChI=1S/C6H10F3N.H3N/c7-6(8,9)10-4-2-1-3-5-10;/h1-5H2;1H3. The van der Waals surface area contributed by atoms with Gasteiger partial charge in [0.1, 0.15) is 0 Å². The summed E-state index contributed by atoms with van der Waals surface area (Å²) in [4.78, 5) is 0.580. The van der Waals surface area contributed by atoms with Gasteiger partial charge in [-0.3, -0.25) is 0 Å². The van der Waals surface area contributed by atoms with Gasteiger partial charge >= 0.3 is 6.30 Å². The summed E-state index contributed by atoms with van der Waals surface area (Å²) in [5, 5.41) is 0.